The molecule has 0 atom stereocenters. The number of ether oxygens (including phenoxy) is 1. The van der Waals surface area contributed by atoms with E-state index in [0.717, 1.165) is 12.1 Å². The van der Waals surface area contributed by atoms with Crippen molar-refractivity contribution in [2.24, 2.45) is 0 Å². The second kappa shape index (κ2) is 4.32. The largest absolute Gasteiger partial charge is 0.432 e. The SMILES string of the molecule is O=Cc1ccc(OC(F)F)c(F)c1Cl. The lowest BCUT2D eigenvalue weighted by Gasteiger charge is -2.07. The van der Waals surface area contributed by atoms with Crippen LogP contribution in [0, 0.1) is 5.82 Å². The lowest BCUT2D eigenvalue weighted by atomic mass is 10.2. The van der Waals surface area contributed by atoms with Crippen molar-refractivity contribution in [1.29, 1.82) is 0 Å². The van der Waals surface area contributed by atoms with Crippen molar-refractivity contribution in [2.45, 2.75) is 6.61 Å². The van der Waals surface area contributed by atoms with E-state index in [0.29, 0.717) is 6.29 Å². The first-order valence-electron chi connectivity index (χ1n) is 3.44. The summed E-state index contributed by atoms with van der Waals surface area (Å²) >= 11 is 5.35. The maximum atomic E-state index is 13.1. The summed E-state index contributed by atoms with van der Waals surface area (Å²) in [5.41, 5.74) is -0.120. The lowest BCUT2D eigenvalue weighted by Crippen LogP contribution is -2.04. The molecule has 1 rings (SSSR count). The van der Waals surface area contributed by atoms with Crippen LogP contribution in [0.15, 0.2) is 12.1 Å². The number of hydrogen-bond acceptors (Lipinski definition) is 2. The highest BCUT2D eigenvalue weighted by Gasteiger charge is 2.15. The summed E-state index contributed by atoms with van der Waals surface area (Å²) in [5, 5.41) is -0.529. The molecule has 0 spiro atoms. The summed E-state index contributed by atoms with van der Waals surface area (Å²) in [6.07, 6.45) is 0.317. The van der Waals surface area contributed by atoms with Crippen LogP contribution in [0.25, 0.3) is 0 Å². The van der Waals surface area contributed by atoms with E-state index in [2.05, 4.69) is 4.74 Å². The van der Waals surface area contributed by atoms with Crippen LogP contribution in [0.3, 0.4) is 0 Å². The minimum Gasteiger partial charge on any atom is -0.432 e. The van der Waals surface area contributed by atoms with Gasteiger partial charge in [-0.05, 0) is 12.1 Å². The molecule has 0 aliphatic carbocycles. The number of carbonyl (C=O) groups excluding carboxylic acids is 1. The second-order valence-corrected chi connectivity index (χ2v) is 2.66. The first-order valence-corrected chi connectivity index (χ1v) is 3.82. The van der Waals surface area contributed by atoms with Crippen molar-refractivity contribution in [2.75, 3.05) is 0 Å². The van der Waals surface area contributed by atoms with Gasteiger partial charge in [-0.2, -0.15) is 8.78 Å². The van der Waals surface area contributed by atoms with Gasteiger partial charge in [0.15, 0.2) is 17.9 Å². The maximum Gasteiger partial charge on any atom is 0.387 e. The Labute approximate surface area is 82.2 Å². The lowest BCUT2D eigenvalue weighted by molar-refractivity contribution is -0.0521. The molecular weight excluding hydrogens is 221 g/mol. The first-order chi connectivity index (χ1) is 6.56. The molecular formula is C8H4ClF3O2. The Balaban J connectivity index is 3.10. The van der Waals surface area contributed by atoms with Crippen LogP contribution < -0.4 is 4.74 Å². The first kappa shape index (κ1) is 10.8. The van der Waals surface area contributed by atoms with E-state index in [9.17, 15) is 18.0 Å². The molecule has 0 saturated carbocycles. The van der Waals surface area contributed by atoms with Gasteiger partial charge in [0.2, 0.25) is 0 Å². The van der Waals surface area contributed by atoms with Gasteiger partial charge in [0.05, 0.1) is 5.02 Å². The molecule has 0 aliphatic heterocycles. The Hall–Kier alpha value is -1.23. The van der Waals surface area contributed by atoms with E-state index >= 15 is 0 Å². The molecule has 0 aliphatic rings. The number of hydrogen-bond donors (Lipinski definition) is 0. The Bertz CT molecular complexity index is 355. The summed E-state index contributed by atoms with van der Waals surface area (Å²) in [6, 6.07) is 2.01. The highest BCUT2D eigenvalue weighted by atomic mass is 35.5. The highest BCUT2D eigenvalue weighted by Crippen LogP contribution is 2.28. The molecule has 0 heterocycles. The normalized spacial score (nSPS) is 10.4. The zero-order valence-corrected chi connectivity index (χ0v) is 7.39. The molecule has 76 valence electrons. The Morgan fingerprint density at radius 1 is 1.43 bits per heavy atom. The van der Waals surface area contributed by atoms with E-state index < -0.39 is 23.2 Å². The maximum absolute atomic E-state index is 13.1. The summed E-state index contributed by atoms with van der Waals surface area (Å²) in [4.78, 5) is 10.3. The van der Waals surface area contributed by atoms with Gasteiger partial charge in [-0.15, -0.1) is 0 Å². The monoisotopic (exact) mass is 224 g/mol. The van der Waals surface area contributed by atoms with Gasteiger partial charge in [0, 0.05) is 5.56 Å². The molecule has 1 aromatic carbocycles. The van der Waals surface area contributed by atoms with Crippen LogP contribution >= 0.6 is 11.6 Å². The molecule has 0 unspecified atom stereocenters. The fraction of sp³-hybridized carbons (Fsp3) is 0.125. The topological polar surface area (TPSA) is 26.3 Å². The quantitative estimate of drug-likeness (QED) is 0.738. The van der Waals surface area contributed by atoms with Gasteiger partial charge in [-0.1, -0.05) is 11.6 Å². The van der Waals surface area contributed by atoms with E-state index in [1.165, 1.54) is 0 Å². The molecule has 14 heavy (non-hydrogen) atoms. The van der Waals surface area contributed by atoms with Crippen molar-refractivity contribution >= 4 is 17.9 Å². The number of carbonyl (C=O) groups is 1. The van der Waals surface area contributed by atoms with Gasteiger partial charge < -0.3 is 4.74 Å². The summed E-state index contributed by atoms with van der Waals surface area (Å²) in [7, 11) is 0. The molecule has 0 radical (unpaired) electrons. The van der Waals surface area contributed by atoms with Crippen molar-refractivity contribution in [3.05, 3.63) is 28.5 Å². The van der Waals surface area contributed by atoms with Gasteiger partial charge >= 0.3 is 6.61 Å². The molecule has 0 bridgehead atoms. The second-order valence-electron chi connectivity index (χ2n) is 2.28. The van der Waals surface area contributed by atoms with Gasteiger partial charge in [0.25, 0.3) is 0 Å². The van der Waals surface area contributed by atoms with Crippen molar-refractivity contribution < 1.29 is 22.7 Å². The Morgan fingerprint density at radius 3 is 2.57 bits per heavy atom. The minimum absolute atomic E-state index is 0.120. The van der Waals surface area contributed by atoms with Crippen LogP contribution in [0.5, 0.6) is 5.75 Å². The Morgan fingerprint density at radius 2 is 2.07 bits per heavy atom. The van der Waals surface area contributed by atoms with Gasteiger partial charge in [-0.3, -0.25) is 4.79 Å². The van der Waals surface area contributed by atoms with E-state index in [-0.39, 0.29) is 5.56 Å². The third-order valence-electron chi connectivity index (χ3n) is 1.42. The van der Waals surface area contributed by atoms with Gasteiger partial charge in [-0.25, -0.2) is 4.39 Å². The minimum atomic E-state index is -3.14. The Kier molecular flexibility index (Phi) is 3.35. The van der Waals surface area contributed by atoms with Crippen LogP contribution in [0.2, 0.25) is 5.02 Å². The number of benzene rings is 1. The van der Waals surface area contributed by atoms with E-state index in [1.807, 2.05) is 0 Å². The molecule has 1 aromatic rings. The summed E-state index contributed by atoms with van der Waals surface area (Å²) in [5.74, 6) is -1.85. The van der Waals surface area contributed by atoms with Crippen LogP contribution in [-0.4, -0.2) is 12.9 Å². The number of aldehydes is 1. The average molecular weight is 225 g/mol. The fourth-order valence-corrected chi connectivity index (χ4v) is 1.03. The smallest absolute Gasteiger partial charge is 0.387 e. The third-order valence-corrected chi connectivity index (χ3v) is 1.80. The molecule has 0 N–H and O–H groups in total. The number of alkyl halides is 2. The predicted octanol–water partition coefficient (Wildman–Crippen LogP) is 2.89. The number of rotatable bonds is 3. The highest BCUT2D eigenvalue weighted by molar-refractivity contribution is 6.33. The van der Waals surface area contributed by atoms with Gasteiger partial charge in [0.1, 0.15) is 0 Å². The molecule has 0 saturated heterocycles. The van der Waals surface area contributed by atoms with Crippen molar-refractivity contribution in [1.82, 2.24) is 0 Å². The molecule has 2 nitrogen and oxygen atoms in total. The fourth-order valence-electron chi connectivity index (χ4n) is 0.825. The predicted molar refractivity (Wildman–Crippen MR) is 43.4 cm³/mol. The summed E-state index contributed by atoms with van der Waals surface area (Å²) < 4.78 is 40.3. The molecule has 0 fully saturated rings. The third kappa shape index (κ3) is 2.17. The van der Waals surface area contributed by atoms with Crippen molar-refractivity contribution in [3.63, 3.8) is 0 Å². The molecule has 6 heteroatoms. The summed E-state index contributed by atoms with van der Waals surface area (Å²) in [6.45, 7) is -3.14. The number of halogens is 4. The zero-order chi connectivity index (χ0) is 10.7. The van der Waals surface area contributed by atoms with E-state index in [1.54, 1.807) is 0 Å². The van der Waals surface area contributed by atoms with Crippen LogP contribution in [-0.2, 0) is 0 Å². The molecule has 0 aromatic heterocycles. The van der Waals surface area contributed by atoms with Crippen LogP contribution in [0.4, 0.5) is 13.2 Å². The van der Waals surface area contributed by atoms with Crippen molar-refractivity contribution in [3.8, 4) is 5.75 Å². The zero-order valence-electron chi connectivity index (χ0n) is 6.64. The van der Waals surface area contributed by atoms with Crippen LogP contribution in [0.1, 0.15) is 10.4 Å². The standard InChI is InChI=1S/C8H4ClF3O2/c9-6-4(3-13)1-2-5(7(6)10)14-8(11)12/h1-3,8H. The molecule has 0 amide bonds. The average Bonchev–Trinajstić information content (AvgIpc) is 2.13. The van der Waals surface area contributed by atoms with E-state index in [4.69, 9.17) is 11.6 Å².